The molecule has 0 aromatic heterocycles. The first-order valence-electron chi connectivity index (χ1n) is 4.43. The molecule has 4 N–H and O–H groups in total. The van der Waals surface area contributed by atoms with Crippen LogP contribution in [0.5, 0.6) is 5.75 Å². The van der Waals surface area contributed by atoms with Gasteiger partial charge >= 0.3 is 0 Å². The molecule has 0 heterocycles. The van der Waals surface area contributed by atoms with Crippen LogP contribution in [0.15, 0.2) is 12.1 Å². The predicted octanol–water partition coefficient (Wildman–Crippen LogP) is 1.22. The van der Waals surface area contributed by atoms with Crippen molar-refractivity contribution in [2.45, 2.75) is 19.4 Å². The molecule has 1 aromatic carbocycles. The van der Waals surface area contributed by atoms with Gasteiger partial charge in [0.1, 0.15) is 0 Å². The second kappa shape index (κ2) is 4.39. The van der Waals surface area contributed by atoms with Crippen LogP contribution in [0.3, 0.4) is 0 Å². The van der Waals surface area contributed by atoms with E-state index in [1.807, 2.05) is 0 Å². The molecule has 0 spiro atoms. The van der Waals surface area contributed by atoms with Crippen LogP contribution >= 0.6 is 0 Å². The van der Waals surface area contributed by atoms with Crippen LogP contribution < -0.4 is 5.73 Å². The predicted molar refractivity (Wildman–Crippen MR) is 51.4 cm³/mol. The molecule has 0 saturated heterocycles. The third-order valence-electron chi connectivity index (χ3n) is 2.13. The zero-order chi connectivity index (χ0) is 10.7. The minimum Gasteiger partial charge on any atom is -0.505 e. The van der Waals surface area contributed by atoms with Crippen molar-refractivity contribution in [2.75, 3.05) is 6.54 Å². The molecule has 0 saturated carbocycles. The summed E-state index contributed by atoms with van der Waals surface area (Å²) in [6.45, 7) is 2.04. The molecule has 0 radical (unpaired) electrons. The van der Waals surface area contributed by atoms with E-state index >= 15 is 0 Å². The third kappa shape index (κ3) is 2.21. The van der Waals surface area contributed by atoms with Gasteiger partial charge in [0, 0.05) is 0 Å². The maximum atomic E-state index is 13.0. The lowest BCUT2D eigenvalue weighted by Gasteiger charge is -2.13. The highest BCUT2D eigenvalue weighted by molar-refractivity contribution is 5.36. The fraction of sp³-hybridized carbons (Fsp3) is 0.400. The van der Waals surface area contributed by atoms with E-state index in [0.29, 0.717) is 24.1 Å². The number of nitrogens with two attached hydrogens (primary N) is 1. The van der Waals surface area contributed by atoms with Gasteiger partial charge in [0.25, 0.3) is 0 Å². The van der Waals surface area contributed by atoms with E-state index in [0.717, 1.165) is 6.07 Å². The van der Waals surface area contributed by atoms with Gasteiger partial charge in [0.15, 0.2) is 11.6 Å². The number of rotatable bonds is 3. The first-order chi connectivity index (χ1) is 6.56. The van der Waals surface area contributed by atoms with Gasteiger partial charge in [-0.1, -0.05) is 0 Å². The molecule has 1 atom stereocenters. The molecule has 14 heavy (non-hydrogen) atoms. The molecule has 1 aromatic rings. The van der Waals surface area contributed by atoms with Crippen molar-refractivity contribution in [3.05, 3.63) is 29.1 Å². The lowest BCUT2D eigenvalue weighted by atomic mass is 10.0. The molecule has 3 nitrogen and oxygen atoms in total. The van der Waals surface area contributed by atoms with Crippen molar-refractivity contribution in [3.63, 3.8) is 0 Å². The van der Waals surface area contributed by atoms with Gasteiger partial charge in [-0.15, -0.1) is 0 Å². The SMILES string of the molecule is Cc1cc(O)c(F)cc1C(O)CCN. The highest BCUT2D eigenvalue weighted by atomic mass is 19.1. The minimum atomic E-state index is -0.768. The number of aliphatic hydroxyl groups excluding tert-OH is 1. The van der Waals surface area contributed by atoms with Gasteiger partial charge < -0.3 is 15.9 Å². The molecule has 78 valence electrons. The number of phenols is 1. The van der Waals surface area contributed by atoms with E-state index in [-0.39, 0.29) is 0 Å². The molecule has 0 amide bonds. The Labute approximate surface area is 82.0 Å². The molecule has 0 aliphatic heterocycles. The summed E-state index contributed by atoms with van der Waals surface area (Å²) < 4.78 is 13.0. The molecule has 4 heteroatoms. The van der Waals surface area contributed by atoms with Gasteiger partial charge in [-0.25, -0.2) is 4.39 Å². The van der Waals surface area contributed by atoms with Crippen molar-refractivity contribution < 1.29 is 14.6 Å². The number of aryl methyl sites for hydroxylation is 1. The van der Waals surface area contributed by atoms with E-state index in [2.05, 4.69) is 0 Å². The average Bonchev–Trinajstić information content (AvgIpc) is 2.11. The van der Waals surface area contributed by atoms with Crippen molar-refractivity contribution in [1.82, 2.24) is 0 Å². The average molecular weight is 199 g/mol. The van der Waals surface area contributed by atoms with Crippen LogP contribution in [0.4, 0.5) is 4.39 Å². The van der Waals surface area contributed by atoms with Crippen molar-refractivity contribution in [3.8, 4) is 5.75 Å². The Balaban J connectivity index is 3.02. The molecular formula is C10H14FNO2. The Morgan fingerprint density at radius 2 is 2.14 bits per heavy atom. The molecule has 0 fully saturated rings. The first kappa shape index (κ1) is 10.9. The van der Waals surface area contributed by atoms with Crippen molar-refractivity contribution in [1.29, 1.82) is 0 Å². The summed E-state index contributed by atoms with van der Waals surface area (Å²) in [4.78, 5) is 0. The van der Waals surface area contributed by atoms with Gasteiger partial charge in [0.05, 0.1) is 6.10 Å². The van der Waals surface area contributed by atoms with E-state index in [4.69, 9.17) is 10.8 Å². The largest absolute Gasteiger partial charge is 0.505 e. The zero-order valence-electron chi connectivity index (χ0n) is 8.00. The quantitative estimate of drug-likeness (QED) is 0.685. The fourth-order valence-electron chi connectivity index (χ4n) is 1.35. The highest BCUT2D eigenvalue weighted by Gasteiger charge is 2.12. The molecular weight excluding hydrogens is 185 g/mol. The lowest BCUT2D eigenvalue weighted by Crippen LogP contribution is -2.08. The Kier molecular flexibility index (Phi) is 3.43. The van der Waals surface area contributed by atoms with Gasteiger partial charge in [0.2, 0.25) is 0 Å². The maximum Gasteiger partial charge on any atom is 0.165 e. The number of benzene rings is 1. The number of aliphatic hydroxyl groups is 1. The monoisotopic (exact) mass is 199 g/mol. The van der Waals surface area contributed by atoms with Crippen LogP contribution in [0.2, 0.25) is 0 Å². The normalized spacial score (nSPS) is 12.9. The van der Waals surface area contributed by atoms with Crippen molar-refractivity contribution >= 4 is 0 Å². The second-order valence-electron chi connectivity index (χ2n) is 3.25. The molecule has 1 unspecified atom stereocenters. The van der Waals surface area contributed by atoms with E-state index in [1.54, 1.807) is 6.92 Å². The van der Waals surface area contributed by atoms with Crippen molar-refractivity contribution in [2.24, 2.45) is 5.73 Å². The number of aromatic hydroxyl groups is 1. The summed E-state index contributed by atoms with van der Waals surface area (Å²) in [7, 11) is 0. The summed E-state index contributed by atoms with van der Waals surface area (Å²) in [5, 5.41) is 18.6. The van der Waals surface area contributed by atoms with Crippen LogP contribution in [-0.2, 0) is 0 Å². The van der Waals surface area contributed by atoms with Crippen LogP contribution in [0.25, 0.3) is 0 Å². The molecule has 0 aliphatic carbocycles. The van der Waals surface area contributed by atoms with Gasteiger partial charge in [-0.2, -0.15) is 0 Å². The van der Waals surface area contributed by atoms with Gasteiger partial charge in [-0.3, -0.25) is 0 Å². The number of hydrogen-bond acceptors (Lipinski definition) is 3. The maximum absolute atomic E-state index is 13.0. The minimum absolute atomic E-state index is 0.336. The molecule has 1 rings (SSSR count). The van der Waals surface area contributed by atoms with E-state index in [1.165, 1.54) is 6.07 Å². The number of hydrogen-bond donors (Lipinski definition) is 3. The van der Waals surface area contributed by atoms with Crippen LogP contribution in [-0.4, -0.2) is 16.8 Å². The molecule has 0 bridgehead atoms. The fourth-order valence-corrected chi connectivity index (χ4v) is 1.35. The van der Waals surface area contributed by atoms with Gasteiger partial charge in [-0.05, 0) is 43.1 Å². The Bertz CT molecular complexity index is 328. The summed E-state index contributed by atoms with van der Waals surface area (Å²) >= 11 is 0. The molecule has 0 aliphatic rings. The zero-order valence-corrected chi connectivity index (χ0v) is 8.00. The Morgan fingerprint density at radius 3 is 2.71 bits per heavy atom. The summed E-state index contributed by atoms with van der Waals surface area (Å²) in [5.74, 6) is -1.12. The summed E-state index contributed by atoms with van der Waals surface area (Å²) in [6.07, 6.45) is -0.388. The number of halogens is 1. The highest BCUT2D eigenvalue weighted by Crippen LogP contribution is 2.26. The Morgan fingerprint density at radius 1 is 1.50 bits per heavy atom. The summed E-state index contributed by atoms with van der Waals surface area (Å²) in [6, 6.07) is 2.44. The van der Waals surface area contributed by atoms with Crippen LogP contribution in [0.1, 0.15) is 23.7 Å². The lowest BCUT2D eigenvalue weighted by molar-refractivity contribution is 0.169. The van der Waals surface area contributed by atoms with E-state index in [9.17, 15) is 9.50 Å². The standard InChI is InChI=1S/C10H14FNO2/c1-6-4-10(14)8(11)5-7(6)9(13)2-3-12/h4-5,9,13-14H,2-3,12H2,1H3. The Hall–Kier alpha value is -1.13. The third-order valence-corrected chi connectivity index (χ3v) is 2.13. The summed E-state index contributed by atoms with van der Waals surface area (Å²) in [5.41, 5.74) is 6.42. The number of phenolic OH excluding ortho intramolecular Hbond substituents is 1. The first-order valence-corrected chi connectivity index (χ1v) is 4.43. The smallest absolute Gasteiger partial charge is 0.165 e. The second-order valence-corrected chi connectivity index (χ2v) is 3.25. The van der Waals surface area contributed by atoms with E-state index < -0.39 is 17.7 Å². The van der Waals surface area contributed by atoms with Crippen LogP contribution in [0, 0.1) is 12.7 Å². The topological polar surface area (TPSA) is 66.5 Å².